The standard InChI is InChI=1S/C15H19FN4S/c16-12-8-11(5-6-17)9-13(10-12)21-15-19-18-14-4-2-1-3-7-20(14)15/h8-10H,1-7,17H2. The van der Waals surface area contributed by atoms with Gasteiger partial charge >= 0.3 is 0 Å². The zero-order valence-corrected chi connectivity index (χ0v) is 12.7. The van der Waals surface area contributed by atoms with Crippen molar-refractivity contribution in [3.05, 3.63) is 35.4 Å². The molecule has 2 heterocycles. The third kappa shape index (κ3) is 3.44. The number of aromatic nitrogens is 3. The van der Waals surface area contributed by atoms with Crippen molar-refractivity contribution in [2.75, 3.05) is 6.54 Å². The summed E-state index contributed by atoms with van der Waals surface area (Å²) < 4.78 is 15.9. The Balaban J connectivity index is 1.85. The van der Waals surface area contributed by atoms with Crippen LogP contribution in [-0.2, 0) is 19.4 Å². The molecule has 0 radical (unpaired) electrons. The van der Waals surface area contributed by atoms with Crippen LogP contribution in [0, 0.1) is 5.82 Å². The average molecular weight is 306 g/mol. The van der Waals surface area contributed by atoms with Gasteiger partial charge in [0.05, 0.1) is 0 Å². The van der Waals surface area contributed by atoms with Crippen LogP contribution in [0.1, 0.15) is 30.7 Å². The van der Waals surface area contributed by atoms with Crippen LogP contribution in [0.3, 0.4) is 0 Å². The van der Waals surface area contributed by atoms with Gasteiger partial charge in [0.25, 0.3) is 0 Å². The highest BCUT2D eigenvalue weighted by Gasteiger charge is 2.16. The Bertz CT molecular complexity index is 626. The van der Waals surface area contributed by atoms with Crippen molar-refractivity contribution < 1.29 is 4.39 Å². The molecule has 0 amide bonds. The zero-order chi connectivity index (χ0) is 14.7. The highest BCUT2D eigenvalue weighted by molar-refractivity contribution is 7.99. The molecule has 0 fully saturated rings. The molecule has 0 saturated heterocycles. The Kier molecular flexibility index (Phi) is 4.55. The summed E-state index contributed by atoms with van der Waals surface area (Å²) in [7, 11) is 0. The molecule has 4 nitrogen and oxygen atoms in total. The van der Waals surface area contributed by atoms with Crippen molar-refractivity contribution in [2.45, 2.75) is 48.7 Å². The van der Waals surface area contributed by atoms with Gasteiger partial charge in [0.15, 0.2) is 5.16 Å². The topological polar surface area (TPSA) is 56.7 Å². The van der Waals surface area contributed by atoms with Crippen LogP contribution in [0.2, 0.25) is 0 Å². The molecule has 0 saturated carbocycles. The number of hydrogen-bond donors (Lipinski definition) is 1. The van der Waals surface area contributed by atoms with Crippen LogP contribution in [-0.4, -0.2) is 21.3 Å². The number of benzene rings is 1. The normalized spacial score (nSPS) is 14.8. The molecule has 1 aromatic heterocycles. The Morgan fingerprint density at radius 2 is 2.10 bits per heavy atom. The molecule has 0 aliphatic carbocycles. The minimum absolute atomic E-state index is 0.223. The number of nitrogens with two attached hydrogens (primary N) is 1. The number of aryl methyl sites for hydroxylation is 1. The molecule has 6 heteroatoms. The van der Waals surface area contributed by atoms with Crippen LogP contribution < -0.4 is 5.73 Å². The molecular formula is C15H19FN4S. The first-order valence-corrected chi connectivity index (χ1v) is 8.17. The van der Waals surface area contributed by atoms with Crippen molar-refractivity contribution in [1.82, 2.24) is 14.8 Å². The third-order valence-corrected chi connectivity index (χ3v) is 4.60. The minimum atomic E-state index is -0.223. The summed E-state index contributed by atoms with van der Waals surface area (Å²) in [6.07, 6.45) is 5.22. The lowest BCUT2D eigenvalue weighted by molar-refractivity contribution is 0.590. The van der Waals surface area contributed by atoms with Gasteiger partial charge in [0, 0.05) is 17.9 Å². The number of halogens is 1. The van der Waals surface area contributed by atoms with Gasteiger partial charge in [0.2, 0.25) is 0 Å². The minimum Gasteiger partial charge on any atom is -0.330 e. The number of nitrogens with zero attached hydrogens (tertiary/aromatic N) is 3. The monoisotopic (exact) mass is 306 g/mol. The number of rotatable bonds is 4. The van der Waals surface area contributed by atoms with E-state index >= 15 is 0 Å². The zero-order valence-electron chi connectivity index (χ0n) is 11.9. The molecule has 3 rings (SSSR count). The smallest absolute Gasteiger partial charge is 0.196 e. The lowest BCUT2D eigenvalue weighted by Gasteiger charge is -2.08. The van der Waals surface area contributed by atoms with Gasteiger partial charge in [-0.05, 0) is 61.3 Å². The summed E-state index contributed by atoms with van der Waals surface area (Å²) in [6, 6.07) is 5.07. The van der Waals surface area contributed by atoms with Crippen LogP contribution in [0.5, 0.6) is 0 Å². The molecule has 1 aromatic carbocycles. The van der Waals surface area contributed by atoms with E-state index in [4.69, 9.17) is 5.73 Å². The first kappa shape index (κ1) is 14.5. The largest absolute Gasteiger partial charge is 0.330 e. The number of hydrogen-bond acceptors (Lipinski definition) is 4. The van der Waals surface area contributed by atoms with Gasteiger partial charge in [-0.25, -0.2) is 4.39 Å². The third-order valence-electron chi connectivity index (χ3n) is 3.65. The van der Waals surface area contributed by atoms with Crippen LogP contribution >= 0.6 is 11.8 Å². The van der Waals surface area contributed by atoms with E-state index in [1.165, 1.54) is 24.6 Å². The Hall–Kier alpha value is -1.40. The quantitative estimate of drug-likeness (QED) is 0.943. The SMILES string of the molecule is NCCc1cc(F)cc(Sc2nnc3n2CCCCC3)c1. The van der Waals surface area contributed by atoms with E-state index in [2.05, 4.69) is 14.8 Å². The van der Waals surface area contributed by atoms with Gasteiger partial charge in [0.1, 0.15) is 11.6 Å². The molecule has 2 aromatic rings. The number of fused-ring (bicyclic) bond motifs is 1. The fraction of sp³-hybridized carbons (Fsp3) is 0.467. The maximum atomic E-state index is 13.7. The van der Waals surface area contributed by atoms with E-state index in [1.54, 1.807) is 12.1 Å². The lowest BCUT2D eigenvalue weighted by atomic mass is 10.1. The molecule has 0 unspecified atom stereocenters. The average Bonchev–Trinajstić information content (AvgIpc) is 2.68. The van der Waals surface area contributed by atoms with Crippen molar-refractivity contribution in [3.63, 3.8) is 0 Å². The van der Waals surface area contributed by atoms with E-state index in [0.29, 0.717) is 13.0 Å². The summed E-state index contributed by atoms with van der Waals surface area (Å²) in [4.78, 5) is 0.859. The Morgan fingerprint density at radius 1 is 1.19 bits per heavy atom. The van der Waals surface area contributed by atoms with Crippen molar-refractivity contribution in [3.8, 4) is 0 Å². The highest BCUT2D eigenvalue weighted by atomic mass is 32.2. The predicted octanol–water partition coefficient (Wildman–Crippen LogP) is 2.80. The van der Waals surface area contributed by atoms with Gasteiger partial charge in [-0.3, -0.25) is 0 Å². The fourth-order valence-electron chi connectivity index (χ4n) is 2.63. The summed E-state index contributed by atoms with van der Waals surface area (Å²) in [5.41, 5.74) is 6.48. The predicted molar refractivity (Wildman–Crippen MR) is 80.9 cm³/mol. The second-order valence-corrected chi connectivity index (χ2v) is 6.34. The molecule has 0 bridgehead atoms. The van der Waals surface area contributed by atoms with Crippen molar-refractivity contribution >= 4 is 11.8 Å². The van der Waals surface area contributed by atoms with E-state index in [0.717, 1.165) is 40.8 Å². The molecule has 0 atom stereocenters. The van der Waals surface area contributed by atoms with Crippen molar-refractivity contribution in [2.24, 2.45) is 5.73 Å². The maximum Gasteiger partial charge on any atom is 0.196 e. The molecular weight excluding hydrogens is 287 g/mol. The molecule has 112 valence electrons. The molecule has 0 spiro atoms. The lowest BCUT2D eigenvalue weighted by Crippen LogP contribution is -2.03. The van der Waals surface area contributed by atoms with E-state index in [-0.39, 0.29) is 5.82 Å². The van der Waals surface area contributed by atoms with Crippen LogP contribution in [0.25, 0.3) is 0 Å². The van der Waals surface area contributed by atoms with Gasteiger partial charge < -0.3 is 10.3 Å². The Morgan fingerprint density at radius 3 is 2.95 bits per heavy atom. The second-order valence-electron chi connectivity index (χ2n) is 5.30. The Labute approximate surface area is 127 Å². The maximum absolute atomic E-state index is 13.7. The van der Waals surface area contributed by atoms with E-state index in [1.807, 2.05) is 6.07 Å². The van der Waals surface area contributed by atoms with Crippen LogP contribution in [0.15, 0.2) is 28.3 Å². The first-order valence-electron chi connectivity index (χ1n) is 7.36. The molecule has 1 aliphatic rings. The highest BCUT2D eigenvalue weighted by Crippen LogP contribution is 2.29. The van der Waals surface area contributed by atoms with E-state index < -0.39 is 0 Å². The molecule has 1 aliphatic heterocycles. The van der Waals surface area contributed by atoms with Crippen molar-refractivity contribution in [1.29, 1.82) is 0 Å². The summed E-state index contributed by atoms with van der Waals surface area (Å²) in [5, 5.41) is 9.40. The van der Waals surface area contributed by atoms with E-state index in [9.17, 15) is 4.39 Å². The summed E-state index contributed by atoms with van der Waals surface area (Å²) in [6.45, 7) is 1.48. The van der Waals surface area contributed by atoms with Gasteiger partial charge in [-0.2, -0.15) is 0 Å². The first-order chi connectivity index (χ1) is 10.3. The fourth-order valence-corrected chi connectivity index (χ4v) is 3.61. The van der Waals surface area contributed by atoms with Gasteiger partial charge in [-0.1, -0.05) is 6.42 Å². The molecule has 21 heavy (non-hydrogen) atoms. The second kappa shape index (κ2) is 6.58. The van der Waals surface area contributed by atoms with Gasteiger partial charge in [-0.15, -0.1) is 10.2 Å². The summed E-state index contributed by atoms with van der Waals surface area (Å²) >= 11 is 1.48. The molecule has 2 N–H and O–H groups in total. The van der Waals surface area contributed by atoms with Crippen LogP contribution in [0.4, 0.5) is 4.39 Å². The summed E-state index contributed by atoms with van der Waals surface area (Å²) in [5.74, 6) is 0.827.